The van der Waals surface area contributed by atoms with E-state index in [2.05, 4.69) is 22.9 Å². The molecule has 0 amide bonds. The first kappa shape index (κ1) is 24.6. The Balaban J connectivity index is 1.51. The van der Waals surface area contributed by atoms with Crippen LogP contribution in [0.5, 0.6) is 5.75 Å². The number of hydrogen-bond acceptors (Lipinski definition) is 5. The molecule has 1 aliphatic carbocycles. The Bertz CT molecular complexity index is 1440. The van der Waals surface area contributed by atoms with E-state index < -0.39 is 0 Å². The maximum absolute atomic E-state index is 12.1. The van der Waals surface area contributed by atoms with E-state index >= 15 is 0 Å². The molecule has 3 aromatic carbocycles. The first-order valence-electron chi connectivity index (χ1n) is 12.9. The van der Waals surface area contributed by atoms with Gasteiger partial charge < -0.3 is 15.2 Å². The highest BCUT2D eigenvalue weighted by Crippen LogP contribution is 2.35. The molecule has 0 radical (unpaired) electrons. The molecule has 3 N–H and O–H groups in total. The van der Waals surface area contributed by atoms with Gasteiger partial charge in [-0.1, -0.05) is 55.3 Å². The summed E-state index contributed by atoms with van der Waals surface area (Å²) in [7, 11) is 0. The van der Waals surface area contributed by atoms with Crippen LogP contribution in [0, 0.1) is 5.41 Å². The molecule has 0 aliphatic heterocycles. The van der Waals surface area contributed by atoms with Crippen LogP contribution in [0.2, 0.25) is 0 Å². The average molecular weight is 497 g/mol. The average Bonchev–Trinajstić information content (AvgIpc) is 3.56. The van der Waals surface area contributed by atoms with Crippen molar-refractivity contribution < 1.29 is 14.3 Å². The topological polar surface area (TPSA) is 103 Å². The zero-order chi connectivity index (χ0) is 25.8. The minimum Gasteiger partial charge on any atom is -0.487 e. The second-order valence-electron chi connectivity index (χ2n) is 9.43. The van der Waals surface area contributed by atoms with Gasteiger partial charge in [-0.15, -0.1) is 0 Å². The minimum absolute atomic E-state index is 0.0487. The van der Waals surface area contributed by atoms with Crippen molar-refractivity contribution in [3.8, 4) is 16.9 Å². The molecule has 1 fully saturated rings. The third-order valence-corrected chi connectivity index (χ3v) is 6.95. The number of aromatic nitrogens is 2. The van der Waals surface area contributed by atoms with Crippen molar-refractivity contribution in [2.75, 3.05) is 6.61 Å². The summed E-state index contributed by atoms with van der Waals surface area (Å²) in [5.74, 6) is 0.457. The summed E-state index contributed by atoms with van der Waals surface area (Å²) in [5, 5.41) is 13.8. The lowest BCUT2D eigenvalue weighted by Gasteiger charge is -2.16. The summed E-state index contributed by atoms with van der Waals surface area (Å²) < 4.78 is 13.7. The van der Waals surface area contributed by atoms with E-state index in [1.807, 2.05) is 48.5 Å². The lowest BCUT2D eigenvalue weighted by molar-refractivity contribution is -0.142. The molecule has 4 aromatic rings. The summed E-state index contributed by atoms with van der Waals surface area (Å²) in [6, 6.07) is 22.0. The fraction of sp³-hybridized carbons (Fsp3) is 0.300. The Hall–Kier alpha value is -4.13. The van der Waals surface area contributed by atoms with Crippen LogP contribution in [0.15, 0.2) is 66.7 Å². The van der Waals surface area contributed by atoms with Crippen molar-refractivity contribution in [3.63, 3.8) is 0 Å². The van der Waals surface area contributed by atoms with Crippen LogP contribution < -0.4 is 10.5 Å². The number of fused-ring (bicyclic) bond motifs is 1. The van der Waals surface area contributed by atoms with E-state index in [1.54, 1.807) is 6.92 Å². The van der Waals surface area contributed by atoms with Crippen LogP contribution in [0.25, 0.3) is 22.0 Å². The standard InChI is InChI=1S/C30H32N4O3/c1-2-36-29(35)18-22-8-3-6-13-28(22)37-19-27-25-17-21(20-9-7-10-23(16-20)30(31)32)14-15-26(25)33-34(27)24-11-4-5-12-24/h3,6-10,13-17,24H,2,4-5,11-12,18-19H2,1H3,(H3,31,32). The SMILES string of the molecule is CCOC(=O)Cc1ccccc1OCc1c2cc(-c3cccc(C(=N)N)c3)ccc2nn1C1CCCC1. The van der Waals surface area contributed by atoms with Crippen molar-refractivity contribution in [1.29, 1.82) is 5.41 Å². The number of nitrogen functional groups attached to an aromatic ring is 1. The monoisotopic (exact) mass is 496 g/mol. The van der Waals surface area contributed by atoms with Gasteiger partial charge in [0.1, 0.15) is 18.2 Å². The molecule has 0 bridgehead atoms. The smallest absolute Gasteiger partial charge is 0.310 e. The van der Waals surface area contributed by atoms with Crippen LogP contribution in [0.1, 0.15) is 55.5 Å². The van der Waals surface area contributed by atoms with Gasteiger partial charge in [-0.25, -0.2) is 0 Å². The Labute approximate surface area is 216 Å². The highest BCUT2D eigenvalue weighted by molar-refractivity contribution is 5.96. The van der Waals surface area contributed by atoms with E-state index in [1.165, 1.54) is 12.8 Å². The van der Waals surface area contributed by atoms with E-state index in [0.717, 1.165) is 46.1 Å². The fourth-order valence-electron chi connectivity index (χ4n) is 5.10. The number of carbonyl (C=O) groups excluding carboxylic acids is 1. The minimum atomic E-state index is -0.266. The number of hydrogen-bond donors (Lipinski definition) is 2. The molecule has 0 spiro atoms. The highest BCUT2D eigenvalue weighted by atomic mass is 16.5. The van der Waals surface area contributed by atoms with E-state index in [4.69, 9.17) is 25.7 Å². The predicted octanol–water partition coefficient (Wildman–Crippen LogP) is 5.79. The van der Waals surface area contributed by atoms with Gasteiger partial charge in [-0.3, -0.25) is 14.9 Å². The molecule has 0 saturated heterocycles. The number of benzene rings is 3. The van der Waals surface area contributed by atoms with Gasteiger partial charge in [0.05, 0.1) is 30.3 Å². The number of esters is 1. The van der Waals surface area contributed by atoms with Gasteiger partial charge in [0.25, 0.3) is 0 Å². The third kappa shape index (κ3) is 5.35. The molecular formula is C30H32N4O3. The molecule has 1 aliphatic rings. The number of ether oxygens (including phenoxy) is 2. The fourth-order valence-corrected chi connectivity index (χ4v) is 5.10. The number of nitrogens with one attached hydrogen (secondary N) is 1. The summed E-state index contributed by atoms with van der Waals surface area (Å²) in [5.41, 5.74) is 11.2. The van der Waals surface area contributed by atoms with Gasteiger partial charge in [0, 0.05) is 16.5 Å². The maximum Gasteiger partial charge on any atom is 0.310 e. The van der Waals surface area contributed by atoms with Crippen LogP contribution >= 0.6 is 0 Å². The van der Waals surface area contributed by atoms with Crippen LogP contribution in [0.4, 0.5) is 0 Å². The Kier molecular flexibility index (Phi) is 7.21. The molecule has 190 valence electrons. The van der Waals surface area contributed by atoms with Gasteiger partial charge in [-0.05, 0) is 55.2 Å². The van der Waals surface area contributed by atoms with Gasteiger partial charge in [-0.2, -0.15) is 5.10 Å². The van der Waals surface area contributed by atoms with Crippen molar-refractivity contribution >= 4 is 22.7 Å². The van der Waals surface area contributed by atoms with Crippen molar-refractivity contribution in [3.05, 3.63) is 83.6 Å². The zero-order valence-corrected chi connectivity index (χ0v) is 21.1. The van der Waals surface area contributed by atoms with Gasteiger partial charge >= 0.3 is 5.97 Å². The normalized spacial score (nSPS) is 13.6. The number of rotatable bonds is 9. The summed E-state index contributed by atoms with van der Waals surface area (Å²) in [4.78, 5) is 12.1. The zero-order valence-electron chi connectivity index (χ0n) is 21.1. The first-order valence-corrected chi connectivity index (χ1v) is 12.9. The van der Waals surface area contributed by atoms with Crippen LogP contribution in [-0.4, -0.2) is 28.2 Å². The summed E-state index contributed by atoms with van der Waals surface area (Å²) >= 11 is 0. The number of carbonyl (C=O) groups is 1. The second kappa shape index (κ2) is 10.9. The van der Waals surface area contributed by atoms with Crippen LogP contribution in [0.3, 0.4) is 0 Å². The predicted molar refractivity (Wildman–Crippen MR) is 145 cm³/mol. The molecule has 7 nitrogen and oxygen atoms in total. The summed E-state index contributed by atoms with van der Waals surface area (Å²) in [6.45, 7) is 2.50. The third-order valence-electron chi connectivity index (χ3n) is 6.95. The van der Waals surface area contributed by atoms with Gasteiger partial charge in [0.15, 0.2) is 0 Å². The van der Waals surface area contributed by atoms with Gasteiger partial charge in [0.2, 0.25) is 0 Å². The Morgan fingerprint density at radius 3 is 2.62 bits per heavy atom. The van der Waals surface area contributed by atoms with E-state index in [0.29, 0.717) is 30.6 Å². The maximum atomic E-state index is 12.1. The largest absolute Gasteiger partial charge is 0.487 e. The Morgan fingerprint density at radius 1 is 1.05 bits per heavy atom. The highest BCUT2D eigenvalue weighted by Gasteiger charge is 2.23. The molecule has 1 saturated carbocycles. The van der Waals surface area contributed by atoms with E-state index in [-0.39, 0.29) is 18.2 Å². The lowest BCUT2D eigenvalue weighted by Crippen LogP contribution is -2.13. The quantitative estimate of drug-likeness (QED) is 0.173. The number of amidine groups is 1. The van der Waals surface area contributed by atoms with Crippen molar-refractivity contribution in [2.24, 2.45) is 5.73 Å². The molecule has 7 heteroatoms. The molecule has 5 rings (SSSR count). The lowest BCUT2D eigenvalue weighted by atomic mass is 10.0. The molecule has 1 heterocycles. The van der Waals surface area contributed by atoms with E-state index in [9.17, 15) is 4.79 Å². The second-order valence-corrected chi connectivity index (χ2v) is 9.43. The molecule has 0 unspecified atom stereocenters. The van der Waals surface area contributed by atoms with Crippen molar-refractivity contribution in [2.45, 2.75) is 51.7 Å². The molecular weight excluding hydrogens is 464 g/mol. The number of nitrogens with two attached hydrogens (primary N) is 1. The molecule has 1 aromatic heterocycles. The Morgan fingerprint density at radius 2 is 1.84 bits per heavy atom. The van der Waals surface area contributed by atoms with Crippen LogP contribution in [-0.2, 0) is 22.6 Å². The number of para-hydroxylation sites is 1. The molecule has 0 atom stereocenters. The summed E-state index contributed by atoms with van der Waals surface area (Å²) in [6.07, 6.45) is 4.78. The van der Waals surface area contributed by atoms with Crippen molar-refractivity contribution in [1.82, 2.24) is 9.78 Å². The molecule has 37 heavy (non-hydrogen) atoms. The number of nitrogens with zero attached hydrogens (tertiary/aromatic N) is 2. The first-order chi connectivity index (χ1) is 18.0.